The van der Waals surface area contributed by atoms with Gasteiger partial charge in [-0.1, -0.05) is 29.8 Å². The molecule has 1 fully saturated rings. The molecule has 1 N–H and O–H groups in total. The lowest BCUT2D eigenvalue weighted by molar-refractivity contribution is -0.864. The third-order valence-corrected chi connectivity index (χ3v) is 8.23. The summed E-state index contributed by atoms with van der Waals surface area (Å²) in [6.45, 7) is 2.53. The van der Waals surface area contributed by atoms with Crippen LogP contribution in [0.5, 0.6) is 5.75 Å². The van der Waals surface area contributed by atoms with Crippen molar-refractivity contribution in [3.63, 3.8) is 0 Å². The number of pyridine rings is 1. The normalized spacial score (nSPS) is 19.2. The number of ether oxygens (including phenoxy) is 1. The molecule has 1 aromatic heterocycles. The van der Waals surface area contributed by atoms with Crippen LogP contribution in [0.3, 0.4) is 0 Å². The van der Waals surface area contributed by atoms with Crippen molar-refractivity contribution in [2.75, 3.05) is 31.6 Å². The van der Waals surface area contributed by atoms with Crippen LogP contribution in [0.15, 0.2) is 67.0 Å². The van der Waals surface area contributed by atoms with Crippen molar-refractivity contribution in [2.24, 2.45) is 5.92 Å². The summed E-state index contributed by atoms with van der Waals surface area (Å²) >= 11 is 6.52. The molecule has 0 spiro atoms. The average Bonchev–Trinajstić information content (AvgIpc) is 3.33. The lowest BCUT2D eigenvalue weighted by Gasteiger charge is -2.42. The maximum absolute atomic E-state index is 14.3. The standard InChI is InChI=1S/C29H30ClN3O4/c1-33(28(34)24-4-2-3-5-26(24)30,19-20-12-16-32(17-13-20)22-10-14-31-15-11-22)27-9-7-21-6-8-23(18-25(21)27)37-29(35)36/h2-6,8,10-11,14-15,18,20,27H,7,9,12-13,16-17,19H2,1H3/p+1/t27-,33?/m1/s1. The zero-order chi connectivity index (χ0) is 26.0. The van der Waals surface area contributed by atoms with Gasteiger partial charge in [-0.25, -0.2) is 9.59 Å². The molecule has 5 rings (SSSR count). The number of quaternary nitrogens is 1. The first-order chi connectivity index (χ1) is 17.8. The van der Waals surface area contributed by atoms with Crippen LogP contribution in [0.1, 0.15) is 46.8 Å². The molecule has 7 nitrogen and oxygen atoms in total. The van der Waals surface area contributed by atoms with Gasteiger partial charge in [-0.05, 0) is 61.2 Å². The molecule has 1 unspecified atom stereocenters. The molecule has 0 radical (unpaired) electrons. The summed E-state index contributed by atoms with van der Waals surface area (Å²) in [5.41, 5.74) is 3.81. The molecule has 37 heavy (non-hydrogen) atoms. The minimum atomic E-state index is -1.35. The zero-order valence-corrected chi connectivity index (χ0v) is 21.6. The first-order valence-electron chi connectivity index (χ1n) is 12.7. The predicted molar refractivity (Wildman–Crippen MR) is 142 cm³/mol. The maximum Gasteiger partial charge on any atom is 0.511 e. The van der Waals surface area contributed by atoms with Crippen LogP contribution in [0.4, 0.5) is 10.5 Å². The highest BCUT2D eigenvalue weighted by Crippen LogP contribution is 2.44. The van der Waals surface area contributed by atoms with Crippen molar-refractivity contribution in [1.82, 2.24) is 4.98 Å². The van der Waals surface area contributed by atoms with Crippen molar-refractivity contribution in [2.45, 2.75) is 31.7 Å². The lowest BCUT2D eigenvalue weighted by Crippen LogP contribution is -2.55. The molecule has 0 bridgehead atoms. The number of carbonyl (C=O) groups excluding carboxylic acids is 1. The van der Waals surface area contributed by atoms with Crippen LogP contribution >= 0.6 is 11.6 Å². The largest absolute Gasteiger partial charge is 0.511 e. The first kappa shape index (κ1) is 25.2. The van der Waals surface area contributed by atoms with Gasteiger partial charge in [0.25, 0.3) is 0 Å². The van der Waals surface area contributed by atoms with E-state index in [0.29, 0.717) is 23.0 Å². The second kappa shape index (κ2) is 10.5. The van der Waals surface area contributed by atoms with Gasteiger partial charge in [0.05, 0.1) is 24.2 Å². The Morgan fingerprint density at radius 1 is 1.08 bits per heavy atom. The van der Waals surface area contributed by atoms with Gasteiger partial charge in [0.15, 0.2) is 0 Å². The van der Waals surface area contributed by atoms with Crippen LogP contribution in [0.2, 0.25) is 5.02 Å². The van der Waals surface area contributed by atoms with Gasteiger partial charge in [0.1, 0.15) is 11.8 Å². The number of fused-ring (bicyclic) bond motifs is 1. The Morgan fingerprint density at radius 2 is 1.81 bits per heavy atom. The molecule has 0 saturated carbocycles. The van der Waals surface area contributed by atoms with Crippen molar-refractivity contribution in [1.29, 1.82) is 0 Å². The average molecular weight is 521 g/mol. The number of nitrogens with zero attached hydrogens (tertiary/aromatic N) is 3. The van der Waals surface area contributed by atoms with Gasteiger partial charge < -0.3 is 14.7 Å². The smallest absolute Gasteiger partial charge is 0.449 e. The number of hydrogen-bond acceptors (Lipinski definition) is 5. The summed E-state index contributed by atoms with van der Waals surface area (Å²) in [5, 5.41) is 9.58. The Labute approximate surface area is 221 Å². The van der Waals surface area contributed by atoms with Crippen molar-refractivity contribution in [3.05, 3.63) is 88.7 Å². The predicted octanol–water partition coefficient (Wildman–Crippen LogP) is 5.98. The second-order valence-corrected chi connectivity index (χ2v) is 10.6. The van der Waals surface area contributed by atoms with Gasteiger partial charge in [0, 0.05) is 49.1 Å². The summed E-state index contributed by atoms with van der Waals surface area (Å²) in [6, 6.07) is 16.6. The van der Waals surface area contributed by atoms with Crippen LogP contribution in [0, 0.1) is 5.92 Å². The summed E-state index contributed by atoms with van der Waals surface area (Å²) in [7, 11) is 2.02. The summed E-state index contributed by atoms with van der Waals surface area (Å²) in [4.78, 5) is 31.9. The molecule has 2 aliphatic rings. The molecule has 1 amide bonds. The number of amides is 1. The van der Waals surface area contributed by atoms with E-state index in [1.165, 1.54) is 5.69 Å². The molecule has 1 aliphatic heterocycles. The number of anilines is 1. The van der Waals surface area contributed by atoms with Gasteiger partial charge in [-0.15, -0.1) is 0 Å². The summed E-state index contributed by atoms with van der Waals surface area (Å²) in [5.74, 6) is 0.627. The van der Waals surface area contributed by atoms with Crippen LogP contribution in [-0.4, -0.2) is 53.3 Å². The van der Waals surface area contributed by atoms with E-state index in [9.17, 15) is 9.59 Å². The van der Waals surface area contributed by atoms with Crippen LogP contribution in [-0.2, 0) is 6.42 Å². The van der Waals surface area contributed by atoms with E-state index in [1.807, 2.05) is 49.8 Å². The third kappa shape index (κ3) is 5.20. The Morgan fingerprint density at radius 3 is 2.51 bits per heavy atom. The number of carbonyl (C=O) groups is 2. The van der Waals surface area contributed by atoms with E-state index < -0.39 is 6.16 Å². The first-order valence-corrected chi connectivity index (χ1v) is 13.1. The molecular weight excluding hydrogens is 490 g/mol. The SMILES string of the molecule is C[N+](CC1CCN(c2ccncc2)CC1)(C(=O)c1ccccc1Cl)[C@@H]1CCc2ccc(OC(=O)O)cc21. The van der Waals surface area contributed by atoms with Gasteiger partial charge in [-0.2, -0.15) is 0 Å². The minimum absolute atomic E-state index is 0.00966. The van der Waals surface area contributed by atoms with Crippen LogP contribution in [0.25, 0.3) is 0 Å². The van der Waals surface area contributed by atoms with E-state index in [1.54, 1.807) is 24.3 Å². The summed E-state index contributed by atoms with van der Waals surface area (Å²) < 4.78 is 5.15. The number of hydrogen-bond donors (Lipinski definition) is 1. The molecule has 2 aromatic carbocycles. The fraction of sp³-hybridized carbons (Fsp3) is 0.345. The number of piperidine rings is 1. The fourth-order valence-electron chi connectivity index (χ4n) is 6.04. The second-order valence-electron chi connectivity index (χ2n) is 10.2. The van der Waals surface area contributed by atoms with E-state index in [0.717, 1.165) is 49.9 Å². The number of halogens is 1. The topological polar surface area (TPSA) is 79.7 Å². The number of carboxylic acid groups (broad SMARTS) is 1. The highest BCUT2D eigenvalue weighted by atomic mass is 35.5. The number of rotatable bonds is 6. The van der Waals surface area contributed by atoms with E-state index in [2.05, 4.69) is 9.88 Å². The zero-order valence-electron chi connectivity index (χ0n) is 20.8. The van der Waals surface area contributed by atoms with E-state index >= 15 is 0 Å². The van der Waals surface area contributed by atoms with Gasteiger partial charge in [-0.3, -0.25) is 9.47 Å². The molecular formula is C29H31ClN3O4+. The molecule has 8 heteroatoms. The van der Waals surface area contributed by atoms with Gasteiger partial charge in [0.2, 0.25) is 0 Å². The Bertz CT molecular complexity index is 1290. The molecule has 3 aromatic rings. The molecule has 2 heterocycles. The highest BCUT2D eigenvalue weighted by molar-refractivity contribution is 6.33. The Balaban J connectivity index is 1.45. The van der Waals surface area contributed by atoms with Crippen LogP contribution < -0.4 is 9.64 Å². The number of benzene rings is 2. The fourth-order valence-corrected chi connectivity index (χ4v) is 6.26. The number of aryl methyl sites for hydroxylation is 1. The van der Waals surface area contributed by atoms with Crippen molar-refractivity contribution >= 4 is 29.4 Å². The van der Waals surface area contributed by atoms with Crippen molar-refractivity contribution < 1.29 is 23.9 Å². The summed E-state index contributed by atoms with van der Waals surface area (Å²) in [6.07, 6.45) is 5.88. The molecule has 192 valence electrons. The highest BCUT2D eigenvalue weighted by Gasteiger charge is 2.47. The molecule has 1 saturated heterocycles. The minimum Gasteiger partial charge on any atom is -0.449 e. The maximum atomic E-state index is 14.3. The van der Waals surface area contributed by atoms with E-state index in [4.69, 9.17) is 21.4 Å². The Kier molecular flexibility index (Phi) is 7.17. The quantitative estimate of drug-likeness (QED) is 0.244. The molecule has 2 atom stereocenters. The molecule has 1 aliphatic carbocycles. The van der Waals surface area contributed by atoms with E-state index in [-0.39, 0.29) is 22.2 Å². The number of aromatic nitrogens is 1. The third-order valence-electron chi connectivity index (χ3n) is 7.90. The van der Waals surface area contributed by atoms with Crippen molar-refractivity contribution in [3.8, 4) is 5.75 Å². The Hall–Kier alpha value is -3.42. The lowest BCUT2D eigenvalue weighted by atomic mass is 9.92. The monoisotopic (exact) mass is 520 g/mol. The van der Waals surface area contributed by atoms with Gasteiger partial charge >= 0.3 is 12.1 Å².